The summed E-state index contributed by atoms with van der Waals surface area (Å²) in [5, 5.41) is 6.47. The number of amides is 2. The third kappa shape index (κ3) is 3.99. The average Bonchev–Trinajstić information content (AvgIpc) is 3.39. The summed E-state index contributed by atoms with van der Waals surface area (Å²) in [6.45, 7) is 1.50. The number of esters is 1. The topological polar surface area (TPSA) is 129 Å². The fourth-order valence-electron chi connectivity index (χ4n) is 3.41. The maximum atomic E-state index is 13.8. The second-order valence-corrected chi connectivity index (χ2v) is 8.12. The Kier molecular flexibility index (Phi) is 6.07. The molecule has 0 atom stereocenters. The van der Waals surface area contributed by atoms with Crippen molar-refractivity contribution in [3.8, 4) is 11.3 Å². The van der Waals surface area contributed by atoms with E-state index < -0.39 is 29.9 Å². The SMILES string of the molecule is COC(=O)c1c(NC(=O)c2cnn3c(C(F)F)cc(-c4ccccc4)nc23)sc(C(N)=O)c1C. The molecule has 0 bridgehead atoms. The summed E-state index contributed by atoms with van der Waals surface area (Å²) >= 11 is 0.802. The number of alkyl halides is 2. The predicted octanol–water partition coefficient (Wildman–Crippen LogP) is 3.84. The van der Waals surface area contributed by atoms with E-state index in [0.717, 1.165) is 29.2 Å². The summed E-state index contributed by atoms with van der Waals surface area (Å²) in [6, 6.07) is 9.85. The number of nitrogens with one attached hydrogen (secondary N) is 1. The van der Waals surface area contributed by atoms with Crippen LogP contribution in [0.2, 0.25) is 0 Å². The Labute approximate surface area is 195 Å². The van der Waals surface area contributed by atoms with Gasteiger partial charge in [0.25, 0.3) is 18.2 Å². The largest absolute Gasteiger partial charge is 0.465 e. The molecule has 0 saturated heterocycles. The van der Waals surface area contributed by atoms with Crippen LogP contribution >= 0.6 is 11.3 Å². The first-order valence-electron chi connectivity index (χ1n) is 9.78. The lowest BCUT2D eigenvalue weighted by Crippen LogP contribution is -2.15. The Balaban J connectivity index is 1.82. The first-order chi connectivity index (χ1) is 16.2. The van der Waals surface area contributed by atoms with Crippen molar-refractivity contribution in [1.82, 2.24) is 14.6 Å². The molecule has 0 radical (unpaired) electrons. The van der Waals surface area contributed by atoms with Crippen LogP contribution in [0.25, 0.3) is 16.9 Å². The number of nitrogens with zero attached hydrogens (tertiary/aromatic N) is 3. The highest BCUT2D eigenvalue weighted by molar-refractivity contribution is 7.18. The summed E-state index contributed by atoms with van der Waals surface area (Å²) in [7, 11) is 1.15. The predicted molar refractivity (Wildman–Crippen MR) is 120 cm³/mol. The van der Waals surface area contributed by atoms with Gasteiger partial charge in [0.1, 0.15) is 16.3 Å². The van der Waals surface area contributed by atoms with E-state index in [1.165, 1.54) is 13.0 Å². The third-order valence-electron chi connectivity index (χ3n) is 5.02. The van der Waals surface area contributed by atoms with E-state index in [2.05, 4.69) is 15.4 Å². The molecule has 0 unspecified atom stereocenters. The van der Waals surface area contributed by atoms with Crippen LogP contribution < -0.4 is 11.1 Å². The lowest BCUT2D eigenvalue weighted by Gasteiger charge is -2.09. The van der Waals surface area contributed by atoms with E-state index >= 15 is 0 Å². The molecule has 3 aromatic heterocycles. The molecule has 3 N–H and O–H groups in total. The normalized spacial score (nSPS) is 11.1. The number of fused-ring (bicyclic) bond motifs is 1. The van der Waals surface area contributed by atoms with Gasteiger partial charge in [0.05, 0.1) is 29.4 Å². The zero-order valence-electron chi connectivity index (χ0n) is 17.8. The number of carbonyl (C=O) groups is 3. The van der Waals surface area contributed by atoms with Crippen molar-refractivity contribution in [2.45, 2.75) is 13.3 Å². The van der Waals surface area contributed by atoms with Gasteiger partial charge in [-0.1, -0.05) is 30.3 Å². The summed E-state index contributed by atoms with van der Waals surface area (Å²) in [5.74, 6) is -2.32. The number of nitrogens with two attached hydrogens (primary N) is 1. The van der Waals surface area contributed by atoms with Gasteiger partial charge in [-0.2, -0.15) is 5.10 Å². The summed E-state index contributed by atoms with van der Waals surface area (Å²) in [5.41, 5.74) is 5.75. The number of carbonyl (C=O) groups excluding carboxylic acids is 3. The fraction of sp³-hybridized carbons (Fsp3) is 0.136. The van der Waals surface area contributed by atoms with Gasteiger partial charge in [-0.25, -0.2) is 23.1 Å². The van der Waals surface area contributed by atoms with Crippen LogP contribution in [0.1, 0.15) is 48.1 Å². The number of halogens is 2. The molecule has 12 heteroatoms. The third-order valence-corrected chi connectivity index (χ3v) is 6.25. The fourth-order valence-corrected chi connectivity index (χ4v) is 4.46. The number of primary amides is 1. The van der Waals surface area contributed by atoms with Crippen molar-refractivity contribution in [2.75, 3.05) is 12.4 Å². The van der Waals surface area contributed by atoms with Gasteiger partial charge in [-0.05, 0) is 18.6 Å². The number of hydrogen-bond acceptors (Lipinski definition) is 7. The van der Waals surface area contributed by atoms with Gasteiger partial charge in [-0.3, -0.25) is 9.59 Å². The average molecular weight is 485 g/mol. The highest BCUT2D eigenvalue weighted by Gasteiger charge is 2.27. The Morgan fingerprint density at radius 1 is 1.21 bits per heavy atom. The first kappa shape index (κ1) is 23.0. The Morgan fingerprint density at radius 2 is 1.91 bits per heavy atom. The van der Waals surface area contributed by atoms with Crippen molar-refractivity contribution in [2.24, 2.45) is 5.73 Å². The number of methoxy groups -OCH3 is 1. The van der Waals surface area contributed by atoms with Gasteiger partial charge >= 0.3 is 5.97 Å². The molecule has 0 aliphatic heterocycles. The van der Waals surface area contributed by atoms with Crippen molar-refractivity contribution in [1.29, 1.82) is 0 Å². The van der Waals surface area contributed by atoms with E-state index in [9.17, 15) is 23.2 Å². The molecule has 0 fully saturated rings. The number of thiophene rings is 1. The minimum absolute atomic E-state index is 0.0239. The molecule has 174 valence electrons. The zero-order valence-corrected chi connectivity index (χ0v) is 18.7. The van der Waals surface area contributed by atoms with Gasteiger partial charge in [-0.15, -0.1) is 11.3 Å². The van der Waals surface area contributed by atoms with Crippen molar-refractivity contribution in [3.05, 3.63) is 69.9 Å². The van der Waals surface area contributed by atoms with Gasteiger partial charge < -0.3 is 15.8 Å². The molecule has 1 aromatic carbocycles. The molecule has 3 heterocycles. The molecule has 34 heavy (non-hydrogen) atoms. The molecule has 4 rings (SSSR count). The lowest BCUT2D eigenvalue weighted by atomic mass is 10.1. The second kappa shape index (κ2) is 8.98. The van der Waals surface area contributed by atoms with Gasteiger partial charge in [0.2, 0.25) is 0 Å². The Bertz CT molecular complexity index is 1430. The van der Waals surface area contributed by atoms with Crippen LogP contribution in [0.4, 0.5) is 13.8 Å². The number of aromatic nitrogens is 3. The second-order valence-electron chi connectivity index (χ2n) is 7.10. The molecule has 0 spiro atoms. The molecular formula is C22H17F2N5O4S. The molecule has 9 nitrogen and oxygen atoms in total. The highest BCUT2D eigenvalue weighted by atomic mass is 32.1. The molecule has 4 aromatic rings. The molecular weight excluding hydrogens is 468 g/mol. The van der Waals surface area contributed by atoms with E-state index in [-0.39, 0.29) is 37.9 Å². The first-order valence-corrected chi connectivity index (χ1v) is 10.6. The smallest absolute Gasteiger partial charge is 0.341 e. The van der Waals surface area contributed by atoms with Crippen LogP contribution in [-0.2, 0) is 4.74 Å². The Morgan fingerprint density at radius 3 is 2.53 bits per heavy atom. The number of anilines is 1. The lowest BCUT2D eigenvalue weighted by molar-refractivity contribution is 0.0601. The standard InChI is InChI=1S/C22H17F2N5O4S/c1-10-15(22(32)33-2)21(34-16(10)18(25)30)28-20(31)12-9-26-29-14(17(23)24)8-13(27-19(12)29)11-6-4-3-5-7-11/h3-9,17H,1-2H3,(H2,25,30)(H,28,31). The van der Waals surface area contributed by atoms with Crippen LogP contribution in [0.3, 0.4) is 0 Å². The minimum atomic E-state index is -2.88. The van der Waals surface area contributed by atoms with Crippen LogP contribution in [-0.4, -0.2) is 39.5 Å². The molecule has 0 aliphatic carbocycles. The summed E-state index contributed by atoms with van der Waals surface area (Å²) < 4.78 is 33.2. The van der Waals surface area contributed by atoms with Crippen LogP contribution in [0.15, 0.2) is 42.6 Å². The van der Waals surface area contributed by atoms with Gasteiger partial charge in [0, 0.05) is 5.56 Å². The van der Waals surface area contributed by atoms with Crippen LogP contribution in [0, 0.1) is 6.92 Å². The van der Waals surface area contributed by atoms with Crippen molar-refractivity contribution >= 4 is 39.8 Å². The maximum Gasteiger partial charge on any atom is 0.341 e. The number of benzene rings is 1. The van der Waals surface area contributed by atoms with E-state index in [1.54, 1.807) is 30.3 Å². The van der Waals surface area contributed by atoms with Crippen LogP contribution in [0.5, 0.6) is 0 Å². The molecule has 2 amide bonds. The number of rotatable bonds is 6. The van der Waals surface area contributed by atoms with E-state index in [0.29, 0.717) is 5.56 Å². The number of ether oxygens (including phenoxy) is 1. The van der Waals surface area contributed by atoms with Crippen molar-refractivity contribution < 1.29 is 27.9 Å². The quantitative estimate of drug-likeness (QED) is 0.399. The molecule has 0 aliphatic rings. The highest BCUT2D eigenvalue weighted by Crippen LogP contribution is 2.34. The monoisotopic (exact) mass is 485 g/mol. The van der Waals surface area contributed by atoms with E-state index in [4.69, 9.17) is 10.5 Å². The van der Waals surface area contributed by atoms with E-state index in [1.807, 2.05) is 0 Å². The maximum absolute atomic E-state index is 13.8. The summed E-state index contributed by atoms with van der Waals surface area (Å²) in [4.78, 5) is 41.6. The zero-order chi connectivity index (χ0) is 24.6. The minimum Gasteiger partial charge on any atom is -0.465 e. The van der Waals surface area contributed by atoms with Crippen molar-refractivity contribution in [3.63, 3.8) is 0 Å². The Hall–Kier alpha value is -4.19. The summed E-state index contributed by atoms with van der Waals surface area (Å²) in [6.07, 6.45) is -1.78. The van der Waals surface area contributed by atoms with Gasteiger partial charge in [0.15, 0.2) is 5.65 Å². The number of hydrogen-bond donors (Lipinski definition) is 2. The molecule has 0 saturated carbocycles.